The molecule has 1 saturated heterocycles. The molecule has 1 N–H and O–H groups in total. The molecule has 106 valence electrons. The van der Waals surface area contributed by atoms with Gasteiger partial charge in [-0.05, 0) is 57.5 Å². The molecule has 0 bridgehead atoms. The molecule has 1 aliphatic heterocycles. The van der Waals surface area contributed by atoms with Gasteiger partial charge in [-0.1, -0.05) is 26.7 Å². The lowest BCUT2D eigenvalue weighted by atomic mass is 9.75. The van der Waals surface area contributed by atoms with Crippen molar-refractivity contribution in [3.63, 3.8) is 0 Å². The predicted octanol–water partition coefficient (Wildman–Crippen LogP) is 3.42. The third-order valence-electron chi connectivity index (χ3n) is 4.92. The third-order valence-corrected chi connectivity index (χ3v) is 4.92. The fraction of sp³-hybridized carbons (Fsp3) is 1.00. The number of likely N-dealkylation sites (tertiary alicyclic amines) is 1. The zero-order valence-electron chi connectivity index (χ0n) is 12.7. The second kappa shape index (κ2) is 6.38. The normalized spacial score (nSPS) is 31.2. The molecule has 1 heterocycles. The lowest BCUT2D eigenvalue weighted by molar-refractivity contribution is 0.152. The van der Waals surface area contributed by atoms with Gasteiger partial charge in [-0.25, -0.2) is 0 Å². The van der Waals surface area contributed by atoms with Gasteiger partial charge in [0.05, 0.1) is 0 Å². The van der Waals surface area contributed by atoms with E-state index >= 15 is 0 Å². The van der Waals surface area contributed by atoms with Gasteiger partial charge < -0.3 is 5.32 Å². The van der Waals surface area contributed by atoms with Crippen molar-refractivity contribution in [1.82, 2.24) is 10.2 Å². The van der Waals surface area contributed by atoms with Crippen LogP contribution in [0, 0.1) is 5.41 Å². The second-order valence-electron chi connectivity index (χ2n) is 7.31. The van der Waals surface area contributed by atoms with Gasteiger partial charge in [-0.2, -0.15) is 0 Å². The molecular weight excluding hydrogens is 220 g/mol. The SMILES string of the molecule is CC(CNC1CCCC(C)(C)C1)N1CCCCC1. The first-order valence-corrected chi connectivity index (χ1v) is 8.04. The Kier molecular flexibility index (Phi) is 5.08. The Morgan fingerprint density at radius 1 is 1.17 bits per heavy atom. The summed E-state index contributed by atoms with van der Waals surface area (Å²) in [4.78, 5) is 2.67. The Hall–Kier alpha value is -0.0800. The Balaban J connectivity index is 1.70. The monoisotopic (exact) mass is 252 g/mol. The highest BCUT2D eigenvalue weighted by atomic mass is 15.2. The van der Waals surface area contributed by atoms with Crippen molar-refractivity contribution in [2.24, 2.45) is 5.41 Å². The molecule has 2 nitrogen and oxygen atoms in total. The minimum absolute atomic E-state index is 0.560. The van der Waals surface area contributed by atoms with Gasteiger partial charge in [0.2, 0.25) is 0 Å². The molecule has 1 aliphatic carbocycles. The zero-order chi connectivity index (χ0) is 13.0. The molecule has 2 atom stereocenters. The predicted molar refractivity (Wildman–Crippen MR) is 78.9 cm³/mol. The van der Waals surface area contributed by atoms with E-state index in [0.29, 0.717) is 5.41 Å². The fourth-order valence-corrected chi connectivity index (χ4v) is 3.70. The Bertz CT molecular complexity index is 243. The lowest BCUT2D eigenvalue weighted by Gasteiger charge is -2.38. The minimum atomic E-state index is 0.560. The maximum atomic E-state index is 3.83. The van der Waals surface area contributed by atoms with Crippen LogP contribution in [0.15, 0.2) is 0 Å². The van der Waals surface area contributed by atoms with Crippen LogP contribution in [0.25, 0.3) is 0 Å². The number of nitrogens with zero attached hydrogens (tertiary/aromatic N) is 1. The molecular formula is C16H32N2. The van der Waals surface area contributed by atoms with Crippen molar-refractivity contribution in [1.29, 1.82) is 0 Å². The molecule has 0 aromatic rings. The Morgan fingerprint density at radius 3 is 2.56 bits per heavy atom. The van der Waals surface area contributed by atoms with Gasteiger partial charge in [-0.15, -0.1) is 0 Å². The van der Waals surface area contributed by atoms with Crippen LogP contribution in [-0.2, 0) is 0 Å². The molecule has 2 unspecified atom stereocenters. The van der Waals surface area contributed by atoms with Crippen molar-refractivity contribution < 1.29 is 0 Å². The summed E-state index contributed by atoms with van der Waals surface area (Å²) in [6, 6.07) is 1.48. The molecule has 2 aliphatic rings. The smallest absolute Gasteiger partial charge is 0.0192 e. The van der Waals surface area contributed by atoms with Gasteiger partial charge in [0, 0.05) is 18.6 Å². The largest absolute Gasteiger partial charge is 0.312 e. The zero-order valence-corrected chi connectivity index (χ0v) is 12.7. The van der Waals surface area contributed by atoms with E-state index in [1.165, 1.54) is 64.6 Å². The van der Waals surface area contributed by atoms with Crippen LogP contribution in [0.1, 0.15) is 65.7 Å². The summed E-state index contributed by atoms with van der Waals surface area (Å²) in [5.74, 6) is 0. The highest BCUT2D eigenvalue weighted by Crippen LogP contribution is 2.35. The van der Waals surface area contributed by atoms with Crippen molar-refractivity contribution in [2.75, 3.05) is 19.6 Å². The maximum Gasteiger partial charge on any atom is 0.0192 e. The van der Waals surface area contributed by atoms with Gasteiger partial charge >= 0.3 is 0 Å². The second-order valence-corrected chi connectivity index (χ2v) is 7.31. The van der Waals surface area contributed by atoms with Gasteiger partial charge in [0.15, 0.2) is 0 Å². The third kappa shape index (κ3) is 4.24. The summed E-state index contributed by atoms with van der Waals surface area (Å²) in [7, 11) is 0. The van der Waals surface area contributed by atoms with Crippen LogP contribution < -0.4 is 5.32 Å². The molecule has 0 aromatic carbocycles. The Labute approximate surface area is 114 Å². The standard InChI is InChI=1S/C16H32N2/c1-14(18-10-5-4-6-11-18)13-17-15-8-7-9-16(2,3)12-15/h14-15,17H,4-13H2,1-3H3. The van der Waals surface area contributed by atoms with Crippen LogP contribution in [0.3, 0.4) is 0 Å². The van der Waals surface area contributed by atoms with Crippen LogP contribution in [0.4, 0.5) is 0 Å². The molecule has 2 heteroatoms. The van der Waals surface area contributed by atoms with E-state index in [0.717, 1.165) is 12.1 Å². The molecule has 18 heavy (non-hydrogen) atoms. The summed E-state index contributed by atoms with van der Waals surface area (Å²) in [5, 5.41) is 3.83. The highest BCUT2D eigenvalue weighted by Gasteiger charge is 2.28. The molecule has 0 spiro atoms. The molecule has 0 aromatic heterocycles. The summed E-state index contributed by atoms with van der Waals surface area (Å²) in [6.45, 7) is 11.1. The number of piperidine rings is 1. The average molecular weight is 252 g/mol. The van der Waals surface area contributed by atoms with Crippen molar-refractivity contribution >= 4 is 0 Å². The molecule has 1 saturated carbocycles. The van der Waals surface area contributed by atoms with Crippen LogP contribution in [-0.4, -0.2) is 36.6 Å². The highest BCUT2D eigenvalue weighted by molar-refractivity contribution is 4.84. The first kappa shape index (κ1) is 14.3. The van der Waals surface area contributed by atoms with Gasteiger partial charge in [0.25, 0.3) is 0 Å². The molecule has 0 amide bonds. The number of hydrogen-bond donors (Lipinski definition) is 1. The summed E-state index contributed by atoms with van der Waals surface area (Å²) < 4.78 is 0. The van der Waals surface area contributed by atoms with Crippen molar-refractivity contribution in [3.05, 3.63) is 0 Å². The quantitative estimate of drug-likeness (QED) is 0.825. The van der Waals surface area contributed by atoms with Gasteiger partial charge in [0.1, 0.15) is 0 Å². The summed E-state index contributed by atoms with van der Waals surface area (Å²) >= 11 is 0. The van der Waals surface area contributed by atoms with E-state index in [-0.39, 0.29) is 0 Å². The molecule has 0 radical (unpaired) electrons. The molecule has 2 fully saturated rings. The number of rotatable bonds is 4. The van der Waals surface area contributed by atoms with E-state index in [2.05, 4.69) is 31.0 Å². The summed E-state index contributed by atoms with van der Waals surface area (Å²) in [5.41, 5.74) is 0.560. The van der Waals surface area contributed by atoms with Crippen LogP contribution in [0.2, 0.25) is 0 Å². The summed E-state index contributed by atoms with van der Waals surface area (Å²) in [6.07, 6.45) is 9.81. The van der Waals surface area contributed by atoms with Crippen molar-refractivity contribution in [3.8, 4) is 0 Å². The first-order valence-electron chi connectivity index (χ1n) is 8.04. The number of nitrogens with one attached hydrogen (secondary N) is 1. The van der Waals surface area contributed by atoms with Crippen LogP contribution >= 0.6 is 0 Å². The Morgan fingerprint density at radius 2 is 1.89 bits per heavy atom. The topological polar surface area (TPSA) is 15.3 Å². The number of hydrogen-bond acceptors (Lipinski definition) is 2. The van der Waals surface area contributed by atoms with Crippen molar-refractivity contribution in [2.45, 2.75) is 77.8 Å². The van der Waals surface area contributed by atoms with Crippen LogP contribution in [0.5, 0.6) is 0 Å². The first-order chi connectivity index (χ1) is 8.57. The van der Waals surface area contributed by atoms with E-state index in [4.69, 9.17) is 0 Å². The van der Waals surface area contributed by atoms with E-state index in [1.807, 2.05) is 0 Å². The van der Waals surface area contributed by atoms with Gasteiger partial charge in [-0.3, -0.25) is 4.90 Å². The fourth-order valence-electron chi connectivity index (χ4n) is 3.70. The minimum Gasteiger partial charge on any atom is -0.312 e. The lowest BCUT2D eigenvalue weighted by Crippen LogP contribution is -2.47. The maximum absolute atomic E-state index is 3.83. The van der Waals surface area contributed by atoms with E-state index < -0.39 is 0 Å². The average Bonchev–Trinajstić information content (AvgIpc) is 2.36. The molecule has 2 rings (SSSR count). The van der Waals surface area contributed by atoms with E-state index in [9.17, 15) is 0 Å². The van der Waals surface area contributed by atoms with E-state index in [1.54, 1.807) is 0 Å².